The molecule has 2 heterocycles. The van der Waals surface area contributed by atoms with Crippen LogP contribution in [-0.2, 0) is 16.1 Å². The first-order valence-electron chi connectivity index (χ1n) is 7.96. The number of carbonyl (C=O) groups excluding carboxylic acids is 2. The van der Waals surface area contributed by atoms with Crippen LogP contribution in [0.3, 0.4) is 0 Å². The number of rotatable bonds is 4. The molecule has 5 nitrogen and oxygen atoms in total. The number of hydrogen-bond acceptors (Lipinski definition) is 3. The summed E-state index contributed by atoms with van der Waals surface area (Å²) in [4.78, 5) is 27.4. The number of hydrogen-bond donors (Lipinski definition) is 1. The molecule has 3 rings (SSSR count). The number of aliphatic hydroxyl groups excluding tert-OH is 1. The van der Waals surface area contributed by atoms with Gasteiger partial charge in [-0.2, -0.15) is 0 Å². The summed E-state index contributed by atoms with van der Waals surface area (Å²) in [6, 6.07) is 7.72. The van der Waals surface area contributed by atoms with Crippen molar-refractivity contribution in [2.24, 2.45) is 0 Å². The molecular formula is C17H22N2O3. The molecule has 0 saturated carbocycles. The van der Waals surface area contributed by atoms with E-state index in [1.807, 2.05) is 29.2 Å². The topological polar surface area (TPSA) is 60.9 Å². The molecule has 0 radical (unpaired) electrons. The van der Waals surface area contributed by atoms with Gasteiger partial charge in [0, 0.05) is 32.5 Å². The molecule has 1 saturated heterocycles. The van der Waals surface area contributed by atoms with Crippen molar-refractivity contribution < 1.29 is 14.7 Å². The van der Waals surface area contributed by atoms with Crippen LogP contribution in [0, 0.1) is 0 Å². The zero-order valence-electron chi connectivity index (χ0n) is 12.7. The van der Waals surface area contributed by atoms with Crippen molar-refractivity contribution >= 4 is 11.8 Å². The van der Waals surface area contributed by atoms with Crippen molar-refractivity contribution in [3.05, 3.63) is 35.4 Å². The highest BCUT2D eigenvalue weighted by molar-refractivity contribution is 5.78. The first-order chi connectivity index (χ1) is 10.6. The molecule has 22 heavy (non-hydrogen) atoms. The van der Waals surface area contributed by atoms with Crippen LogP contribution in [0.25, 0.3) is 0 Å². The molecule has 1 atom stereocenters. The van der Waals surface area contributed by atoms with Gasteiger partial charge < -0.3 is 14.9 Å². The number of benzene rings is 1. The Hall–Kier alpha value is -1.88. The van der Waals surface area contributed by atoms with E-state index in [1.54, 1.807) is 4.90 Å². The highest BCUT2D eigenvalue weighted by Gasteiger charge is 2.26. The van der Waals surface area contributed by atoms with Crippen molar-refractivity contribution in [3.8, 4) is 0 Å². The number of β-amino-alcohol motifs (C(OH)–C–C–N with tert-alkyl or cyclic N) is 1. The van der Waals surface area contributed by atoms with E-state index in [4.69, 9.17) is 0 Å². The standard InChI is InChI=1S/C17H22N2O3/c20-15-12-19(11-13-5-1-2-6-14(13)15)17(22)8-4-10-18-9-3-7-16(18)21/h1-2,5-6,15,20H,3-4,7-12H2/t15-/m1/s1. The maximum Gasteiger partial charge on any atom is 0.223 e. The Balaban J connectivity index is 1.52. The van der Waals surface area contributed by atoms with Gasteiger partial charge in [-0.15, -0.1) is 0 Å². The molecule has 2 aliphatic rings. The molecule has 2 amide bonds. The monoisotopic (exact) mass is 302 g/mol. The molecule has 0 unspecified atom stereocenters. The van der Waals surface area contributed by atoms with E-state index in [9.17, 15) is 14.7 Å². The van der Waals surface area contributed by atoms with Gasteiger partial charge in [0.1, 0.15) is 0 Å². The Morgan fingerprint density at radius 2 is 2.14 bits per heavy atom. The molecule has 0 aliphatic carbocycles. The predicted molar refractivity (Wildman–Crippen MR) is 81.9 cm³/mol. The molecule has 5 heteroatoms. The normalized spacial score (nSPS) is 21.1. The minimum atomic E-state index is -0.603. The van der Waals surface area contributed by atoms with Gasteiger partial charge in [-0.25, -0.2) is 0 Å². The number of carbonyl (C=O) groups is 2. The lowest BCUT2D eigenvalue weighted by Gasteiger charge is -2.32. The van der Waals surface area contributed by atoms with Crippen molar-refractivity contribution in [1.29, 1.82) is 0 Å². The third-order valence-electron chi connectivity index (χ3n) is 4.51. The summed E-state index contributed by atoms with van der Waals surface area (Å²) in [7, 11) is 0. The van der Waals surface area contributed by atoms with Crippen LogP contribution in [0.15, 0.2) is 24.3 Å². The van der Waals surface area contributed by atoms with E-state index >= 15 is 0 Å². The second kappa shape index (κ2) is 6.48. The summed E-state index contributed by atoms with van der Waals surface area (Å²) in [6.07, 6.45) is 2.09. The highest BCUT2D eigenvalue weighted by Crippen LogP contribution is 2.26. The quantitative estimate of drug-likeness (QED) is 0.916. The van der Waals surface area contributed by atoms with Crippen molar-refractivity contribution in [1.82, 2.24) is 9.80 Å². The maximum absolute atomic E-state index is 12.3. The molecule has 1 aromatic rings. The Bertz CT molecular complexity index is 573. The van der Waals surface area contributed by atoms with Gasteiger partial charge in [0.25, 0.3) is 0 Å². The smallest absolute Gasteiger partial charge is 0.223 e. The molecule has 0 bridgehead atoms. The highest BCUT2D eigenvalue weighted by atomic mass is 16.3. The van der Waals surface area contributed by atoms with Gasteiger partial charge in [-0.1, -0.05) is 24.3 Å². The van der Waals surface area contributed by atoms with Gasteiger partial charge in [0.05, 0.1) is 12.6 Å². The summed E-state index contributed by atoms with van der Waals surface area (Å²) < 4.78 is 0. The third-order valence-corrected chi connectivity index (χ3v) is 4.51. The minimum Gasteiger partial charge on any atom is -0.387 e. The average molecular weight is 302 g/mol. The van der Waals surface area contributed by atoms with Crippen LogP contribution < -0.4 is 0 Å². The molecule has 1 fully saturated rings. The van der Waals surface area contributed by atoms with Crippen molar-refractivity contribution in [2.75, 3.05) is 19.6 Å². The maximum atomic E-state index is 12.3. The Morgan fingerprint density at radius 3 is 2.91 bits per heavy atom. The van der Waals surface area contributed by atoms with Crippen LogP contribution in [0.5, 0.6) is 0 Å². The van der Waals surface area contributed by atoms with Crippen LogP contribution in [0.4, 0.5) is 0 Å². The summed E-state index contributed by atoms with van der Waals surface area (Å²) in [5.41, 5.74) is 1.94. The number of nitrogens with zero attached hydrogens (tertiary/aromatic N) is 2. The van der Waals surface area contributed by atoms with Crippen LogP contribution in [0.1, 0.15) is 42.9 Å². The second-order valence-electron chi connectivity index (χ2n) is 6.08. The van der Waals surface area contributed by atoms with Crippen molar-refractivity contribution in [2.45, 2.75) is 38.3 Å². The van der Waals surface area contributed by atoms with E-state index in [0.717, 1.165) is 24.1 Å². The Labute approximate surface area is 130 Å². The summed E-state index contributed by atoms with van der Waals surface area (Å²) in [5.74, 6) is 0.259. The van der Waals surface area contributed by atoms with Crippen molar-refractivity contribution in [3.63, 3.8) is 0 Å². The fourth-order valence-corrected chi connectivity index (χ4v) is 3.29. The number of likely N-dealkylation sites (tertiary alicyclic amines) is 1. The van der Waals surface area contributed by atoms with Crippen LogP contribution >= 0.6 is 0 Å². The van der Waals surface area contributed by atoms with E-state index < -0.39 is 6.10 Å². The second-order valence-corrected chi connectivity index (χ2v) is 6.08. The van der Waals surface area contributed by atoms with E-state index in [1.165, 1.54) is 0 Å². The lowest BCUT2D eigenvalue weighted by Crippen LogP contribution is -2.38. The number of amides is 2. The average Bonchev–Trinajstić information content (AvgIpc) is 2.92. The zero-order chi connectivity index (χ0) is 15.5. The Kier molecular flexibility index (Phi) is 4.43. The van der Waals surface area contributed by atoms with E-state index in [-0.39, 0.29) is 11.8 Å². The minimum absolute atomic E-state index is 0.0557. The molecule has 0 spiro atoms. The van der Waals surface area contributed by atoms with Crippen LogP contribution in [-0.4, -0.2) is 46.4 Å². The predicted octanol–water partition coefficient (Wildman–Crippen LogP) is 1.46. The molecule has 1 aromatic carbocycles. The fraction of sp³-hybridized carbons (Fsp3) is 0.529. The van der Waals surface area contributed by atoms with Gasteiger partial charge in [-0.3, -0.25) is 9.59 Å². The lowest BCUT2D eigenvalue weighted by molar-refractivity contribution is -0.135. The SMILES string of the molecule is O=C1CCCN1CCCC(=O)N1Cc2ccccc2[C@H](O)C1. The van der Waals surface area contributed by atoms with Gasteiger partial charge in [0.2, 0.25) is 11.8 Å². The molecule has 1 N–H and O–H groups in total. The molecule has 0 aromatic heterocycles. The lowest BCUT2D eigenvalue weighted by atomic mass is 9.97. The first-order valence-corrected chi connectivity index (χ1v) is 7.96. The first kappa shape index (κ1) is 15.0. The largest absolute Gasteiger partial charge is 0.387 e. The molecule has 118 valence electrons. The molecule has 2 aliphatic heterocycles. The van der Waals surface area contributed by atoms with Crippen LogP contribution in [0.2, 0.25) is 0 Å². The number of fused-ring (bicyclic) bond motifs is 1. The third kappa shape index (κ3) is 3.14. The summed E-state index contributed by atoms with van der Waals surface area (Å²) in [6.45, 7) is 2.41. The molecular weight excluding hydrogens is 280 g/mol. The Morgan fingerprint density at radius 1 is 1.32 bits per heavy atom. The fourth-order valence-electron chi connectivity index (χ4n) is 3.29. The number of aliphatic hydroxyl groups is 1. The van der Waals surface area contributed by atoms with Gasteiger partial charge in [-0.05, 0) is 24.0 Å². The van der Waals surface area contributed by atoms with E-state index in [0.29, 0.717) is 38.9 Å². The van der Waals surface area contributed by atoms with Gasteiger partial charge >= 0.3 is 0 Å². The van der Waals surface area contributed by atoms with E-state index in [2.05, 4.69) is 0 Å². The summed E-state index contributed by atoms with van der Waals surface area (Å²) >= 11 is 0. The summed E-state index contributed by atoms with van der Waals surface area (Å²) in [5, 5.41) is 10.2. The zero-order valence-corrected chi connectivity index (χ0v) is 12.7. The van der Waals surface area contributed by atoms with Gasteiger partial charge in [0.15, 0.2) is 0 Å².